The van der Waals surface area contributed by atoms with Gasteiger partial charge in [0.25, 0.3) is 5.69 Å². The summed E-state index contributed by atoms with van der Waals surface area (Å²) in [4.78, 5) is 23.2. The predicted molar refractivity (Wildman–Crippen MR) is 100.0 cm³/mol. The number of carbonyl (C=O) groups excluding carboxylic acids is 1. The molecule has 0 saturated carbocycles. The highest BCUT2D eigenvalue weighted by Gasteiger charge is 2.26. The van der Waals surface area contributed by atoms with Gasteiger partial charge in [-0.3, -0.25) is 14.9 Å². The molecule has 27 heavy (non-hydrogen) atoms. The predicted octanol–water partition coefficient (Wildman–Crippen LogP) is 1.76. The number of hydrogen-bond acceptors (Lipinski definition) is 6. The Morgan fingerprint density at radius 2 is 2.04 bits per heavy atom. The third kappa shape index (κ3) is 3.91. The number of nitrogens with zero attached hydrogens (tertiary/aromatic N) is 2. The van der Waals surface area contributed by atoms with Crippen LogP contribution in [0.2, 0.25) is 0 Å². The third-order valence-corrected chi connectivity index (χ3v) is 5.32. The molecule has 9 nitrogen and oxygen atoms in total. The number of hydrogen-bond donors (Lipinski definition) is 2. The number of nitrogens with two attached hydrogens (primary N) is 1. The van der Waals surface area contributed by atoms with Crippen LogP contribution >= 0.6 is 0 Å². The molecular weight excluding hydrogens is 372 g/mol. The largest absolute Gasteiger partial charge is 0.366 e. The normalized spacial score (nSPS) is 13.8. The fourth-order valence-corrected chi connectivity index (χ4v) is 4.00. The Bertz CT molecular complexity index is 1040. The molecule has 0 spiro atoms. The smallest absolute Gasteiger partial charge is 0.270 e. The van der Waals surface area contributed by atoms with E-state index in [0.717, 1.165) is 22.9 Å². The molecule has 0 bridgehead atoms. The fraction of sp³-hybridized carbons (Fsp3) is 0.235. The number of primary sulfonamides is 1. The number of benzene rings is 2. The molecule has 1 aliphatic heterocycles. The Balaban J connectivity index is 2.01. The molecule has 2 aromatic carbocycles. The van der Waals surface area contributed by atoms with Gasteiger partial charge in [-0.2, -0.15) is 0 Å². The zero-order chi connectivity index (χ0) is 19.8. The molecule has 10 heteroatoms. The van der Waals surface area contributed by atoms with E-state index in [0.29, 0.717) is 25.2 Å². The SMILES string of the molecule is CC(=O)Nc1cccc2c1CCN(c1ccc([N+](=O)[O-])cc1S(N)(=O)=O)C2. The van der Waals surface area contributed by atoms with Crippen molar-refractivity contribution in [1.29, 1.82) is 0 Å². The summed E-state index contributed by atoms with van der Waals surface area (Å²) in [6.07, 6.45) is 0.576. The second kappa shape index (κ2) is 6.97. The zero-order valence-electron chi connectivity index (χ0n) is 14.5. The summed E-state index contributed by atoms with van der Waals surface area (Å²) < 4.78 is 23.9. The first-order chi connectivity index (χ1) is 12.7. The molecule has 1 aliphatic rings. The molecule has 2 aromatic rings. The summed E-state index contributed by atoms with van der Waals surface area (Å²) >= 11 is 0. The van der Waals surface area contributed by atoms with E-state index in [1.54, 1.807) is 0 Å². The number of sulfonamides is 1. The van der Waals surface area contributed by atoms with E-state index in [1.807, 2.05) is 23.1 Å². The van der Waals surface area contributed by atoms with Crippen LogP contribution in [0.25, 0.3) is 0 Å². The summed E-state index contributed by atoms with van der Waals surface area (Å²) in [5, 5.41) is 19.1. The lowest BCUT2D eigenvalue weighted by Crippen LogP contribution is -2.32. The highest BCUT2D eigenvalue weighted by molar-refractivity contribution is 7.89. The second-order valence-electron chi connectivity index (χ2n) is 6.25. The van der Waals surface area contributed by atoms with Gasteiger partial charge in [0.05, 0.1) is 10.6 Å². The quantitative estimate of drug-likeness (QED) is 0.603. The van der Waals surface area contributed by atoms with Crippen LogP contribution in [0.15, 0.2) is 41.3 Å². The summed E-state index contributed by atoms with van der Waals surface area (Å²) in [7, 11) is -4.14. The van der Waals surface area contributed by atoms with E-state index in [-0.39, 0.29) is 16.5 Å². The highest BCUT2D eigenvalue weighted by Crippen LogP contribution is 2.34. The maximum atomic E-state index is 12.0. The molecule has 0 fully saturated rings. The van der Waals surface area contributed by atoms with Crippen molar-refractivity contribution in [3.05, 3.63) is 57.6 Å². The Hall–Kier alpha value is -2.98. The number of nitro groups is 1. The number of rotatable bonds is 4. The second-order valence-corrected chi connectivity index (χ2v) is 7.78. The van der Waals surface area contributed by atoms with Crippen LogP contribution in [0.3, 0.4) is 0 Å². The molecule has 1 amide bonds. The van der Waals surface area contributed by atoms with Gasteiger partial charge in [0, 0.05) is 37.8 Å². The minimum absolute atomic E-state index is 0.169. The van der Waals surface area contributed by atoms with Gasteiger partial charge in [-0.05, 0) is 29.7 Å². The van der Waals surface area contributed by atoms with Gasteiger partial charge < -0.3 is 10.2 Å². The van der Waals surface area contributed by atoms with Gasteiger partial charge in [-0.25, -0.2) is 13.6 Å². The van der Waals surface area contributed by atoms with E-state index in [4.69, 9.17) is 5.14 Å². The van der Waals surface area contributed by atoms with Crippen molar-refractivity contribution in [2.75, 3.05) is 16.8 Å². The average molecular weight is 390 g/mol. The molecule has 1 heterocycles. The number of nitrogens with one attached hydrogen (secondary N) is 1. The van der Waals surface area contributed by atoms with Crippen molar-refractivity contribution in [3.8, 4) is 0 Å². The van der Waals surface area contributed by atoms with Crippen LogP contribution in [0.4, 0.5) is 17.1 Å². The maximum Gasteiger partial charge on any atom is 0.270 e. The number of amides is 1. The van der Waals surface area contributed by atoms with E-state index < -0.39 is 14.9 Å². The topological polar surface area (TPSA) is 136 Å². The molecule has 0 radical (unpaired) electrons. The molecular formula is C17H18N4O5S. The first-order valence-electron chi connectivity index (χ1n) is 8.11. The van der Waals surface area contributed by atoms with Gasteiger partial charge in [-0.1, -0.05) is 12.1 Å². The lowest BCUT2D eigenvalue weighted by molar-refractivity contribution is -0.385. The first-order valence-corrected chi connectivity index (χ1v) is 9.66. The molecule has 0 atom stereocenters. The van der Waals surface area contributed by atoms with Crippen LogP contribution in [0.1, 0.15) is 18.1 Å². The molecule has 3 N–H and O–H groups in total. The Kier molecular flexibility index (Phi) is 4.85. The van der Waals surface area contributed by atoms with Crippen LogP contribution < -0.4 is 15.4 Å². The molecule has 3 rings (SSSR count). The summed E-state index contributed by atoms with van der Waals surface area (Å²) in [6, 6.07) is 9.16. The lowest BCUT2D eigenvalue weighted by Gasteiger charge is -2.32. The van der Waals surface area contributed by atoms with Crippen molar-refractivity contribution < 1.29 is 18.1 Å². The maximum absolute atomic E-state index is 12.0. The highest BCUT2D eigenvalue weighted by atomic mass is 32.2. The van der Waals surface area contributed by atoms with E-state index in [9.17, 15) is 23.3 Å². The van der Waals surface area contributed by atoms with Crippen molar-refractivity contribution >= 4 is 33.0 Å². The monoisotopic (exact) mass is 390 g/mol. The van der Waals surface area contributed by atoms with Gasteiger partial charge in [-0.15, -0.1) is 0 Å². The number of carbonyl (C=O) groups is 1. The van der Waals surface area contributed by atoms with Crippen molar-refractivity contribution in [1.82, 2.24) is 0 Å². The van der Waals surface area contributed by atoms with E-state index in [1.165, 1.54) is 19.1 Å². The molecule has 0 aliphatic carbocycles. The van der Waals surface area contributed by atoms with Crippen LogP contribution in [0.5, 0.6) is 0 Å². The minimum atomic E-state index is -4.14. The third-order valence-electron chi connectivity index (χ3n) is 4.38. The molecule has 142 valence electrons. The first kappa shape index (κ1) is 18.8. The van der Waals surface area contributed by atoms with Crippen LogP contribution in [0, 0.1) is 10.1 Å². The van der Waals surface area contributed by atoms with Gasteiger partial charge in [0.2, 0.25) is 15.9 Å². The van der Waals surface area contributed by atoms with Gasteiger partial charge in [0.1, 0.15) is 4.90 Å². The summed E-state index contributed by atoms with van der Waals surface area (Å²) in [5.74, 6) is -0.169. The number of fused-ring (bicyclic) bond motifs is 1. The number of anilines is 2. The lowest BCUT2D eigenvalue weighted by atomic mass is 9.97. The van der Waals surface area contributed by atoms with Gasteiger partial charge >= 0.3 is 0 Å². The van der Waals surface area contributed by atoms with Gasteiger partial charge in [0.15, 0.2) is 0 Å². The Morgan fingerprint density at radius 3 is 2.67 bits per heavy atom. The number of non-ortho nitro benzene ring substituents is 1. The van der Waals surface area contributed by atoms with Crippen LogP contribution in [-0.4, -0.2) is 25.8 Å². The fourth-order valence-electron chi connectivity index (χ4n) is 3.23. The van der Waals surface area contributed by atoms with Crippen LogP contribution in [-0.2, 0) is 27.8 Å². The molecule has 0 aromatic heterocycles. The van der Waals surface area contributed by atoms with Crippen molar-refractivity contribution in [3.63, 3.8) is 0 Å². The summed E-state index contributed by atoms with van der Waals surface area (Å²) in [5.41, 5.74) is 2.64. The molecule has 0 unspecified atom stereocenters. The van der Waals surface area contributed by atoms with Crippen molar-refractivity contribution in [2.45, 2.75) is 24.8 Å². The Labute approximate surface area is 156 Å². The minimum Gasteiger partial charge on any atom is -0.366 e. The summed E-state index contributed by atoms with van der Waals surface area (Å²) in [6.45, 7) is 2.30. The molecule has 0 saturated heterocycles. The van der Waals surface area contributed by atoms with E-state index >= 15 is 0 Å². The average Bonchev–Trinajstić information content (AvgIpc) is 2.59. The zero-order valence-corrected chi connectivity index (χ0v) is 15.3. The Morgan fingerprint density at radius 1 is 1.30 bits per heavy atom. The van der Waals surface area contributed by atoms with Crippen molar-refractivity contribution in [2.24, 2.45) is 5.14 Å². The van der Waals surface area contributed by atoms with E-state index in [2.05, 4.69) is 5.32 Å². The standard InChI is InChI=1S/C17H18N4O5S/c1-11(22)19-15-4-2-3-12-10-20(8-7-14(12)15)16-6-5-13(21(23)24)9-17(16)27(18,25)26/h2-6,9H,7-8,10H2,1H3,(H,19,22)(H2,18,25,26). The number of nitro benzene ring substituents is 1.